The minimum Gasteiger partial charge on any atom is -0.506 e. The summed E-state index contributed by atoms with van der Waals surface area (Å²) in [7, 11) is 0. The minimum atomic E-state index is 0.239. The molecule has 4 heterocycles. The fourth-order valence-corrected chi connectivity index (χ4v) is 4.55. The summed E-state index contributed by atoms with van der Waals surface area (Å²) in [5, 5.41) is 24.8. The number of aromatic nitrogens is 2. The van der Waals surface area contributed by atoms with E-state index < -0.39 is 0 Å². The lowest BCUT2D eigenvalue weighted by molar-refractivity contribution is 0.218. The molecule has 2 aromatic carbocycles. The Bertz CT molecular complexity index is 1190. The molecule has 0 bridgehead atoms. The molecule has 2 saturated heterocycles. The first kappa shape index (κ1) is 24.9. The lowest BCUT2D eigenvalue weighted by atomic mass is 10.1. The van der Waals surface area contributed by atoms with Crippen LogP contribution in [0.5, 0.6) is 11.5 Å². The van der Waals surface area contributed by atoms with Gasteiger partial charge in [-0.1, -0.05) is 49.2 Å². The van der Waals surface area contributed by atoms with Crippen molar-refractivity contribution in [1.82, 2.24) is 20.2 Å². The highest BCUT2D eigenvalue weighted by molar-refractivity contribution is 5.85. The van der Waals surface area contributed by atoms with Crippen LogP contribution in [0.4, 0.5) is 0 Å². The van der Waals surface area contributed by atoms with E-state index in [1.54, 1.807) is 24.5 Å². The molecule has 6 heteroatoms. The number of phenols is 2. The van der Waals surface area contributed by atoms with Crippen LogP contribution < -0.4 is 5.32 Å². The zero-order valence-electron chi connectivity index (χ0n) is 20.4. The van der Waals surface area contributed by atoms with Crippen LogP contribution in [0, 0.1) is 0 Å². The molecule has 0 atom stereocenters. The van der Waals surface area contributed by atoms with E-state index in [-0.39, 0.29) is 5.75 Å². The smallest absolute Gasteiger partial charge is 0.146 e. The molecular formula is C29H36N4O2. The van der Waals surface area contributed by atoms with Gasteiger partial charge in [-0.15, -0.1) is 0 Å². The number of para-hydroxylation sites is 1. The van der Waals surface area contributed by atoms with E-state index in [1.807, 2.05) is 42.5 Å². The molecule has 0 spiro atoms. The number of fused-ring (bicyclic) bond motifs is 2. The van der Waals surface area contributed by atoms with E-state index in [0.29, 0.717) is 16.8 Å². The summed E-state index contributed by atoms with van der Waals surface area (Å²) in [5.41, 5.74) is 2.37. The van der Waals surface area contributed by atoms with Gasteiger partial charge in [0.05, 0.1) is 0 Å². The van der Waals surface area contributed by atoms with Crippen molar-refractivity contribution in [1.29, 1.82) is 0 Å². The average Bonchev–Trinajstić information content (AvgIpc) is 2.93. The third-order valence-electron chi connectivity index (χ3n) is 6.49. The van der Waals surface area contributed by atoms with Gasteiger partial charge in [0.1, 0.15) is 22.5 Å². The van der Waals surface area contributed by atoms with E-state index in [1.165, 1.54) is 51.6 Å². The number of benzene rings is 2. The number of aromatic hydroxyl groups is 2. The van der Waals surface area contributed by atoms with Crippen LogP contribution in [-0.2, 0) is 6.54 Å². The Morgan fingerprint density at radius 2 is 1.31 bits per heavy atom. The van der Waals surface area contributed by atoms with E-state index in [0.717, 1.165) is 36.0 Å². The molecule has 2 aromatic heterocycles. The van der Waals surface area contributed by atoms with Crippen molar-refractivity contribution in [2.75, 3.05) is 26.2 Å². The molecule has 4 aromatic rings. The summed E-state index contributed by atoms with van der Waals surface area (Å²) in [6, 6.07) is 17.1. The molecule has 6 nitrogen and oxygen atoms in total. The van der Waals surface area contributed by atoms with Gasteiger partial charge >= 0.3 is 0 Å². The van der Waals surface area contributed by atoms with Gasteiger partial charge in [0, 0.05) is 35.3 Å². The summed E-state index contributed by atoms with van der Waals surface area (Å²) >= 11 is 0. The second-order valence-corrected chi connectivity index (χ2v) is 9.15. The first-order chi connectivity index (χ1) is 17.2. The number of hydrogen-bond acceptors (Lipinski definition) is 6. The Morgan fingerprint density at radius 1 is 0.686 bits per heavy atom. The van der Waals surface area contributed by atoms with Gasteiger partial charge in [-0.25, -0.2) is 0 Å². The molecule has 2 aliphatic rings. The number of rotatable bonds is 2. The lowest BCUT2D eigenvalue weighted by Gasteiger charge is -2.26. The predicted octanol–water partition coefficient (Wildman–Crippen LogP) is 5.63. The molecule has 6 rings (SSSR count). The molecule has 0 unspecified atom stereocenters. The quantitative estimate of drug-likeness (QED) is 0.351. The number of pyridine rings is 2. The molecule has 184 valence electrons. The van der Waals surface area contributed by atoms with E-state index in [4.69, 9.17) is 0 Å². The number of hydrogen-bond donors (Lipinski definition) is 3. The Labute approximate surface area is 207 Å². The van der Waals surface area contributed by atoms with Gasteiger partial charge in [0.25, 0.3) is 0 Å². The number of nitrogens with zero attached hydrogens (tertiary/aromatic N) is 3. The largest absolute Gasteiger partial charge is 0.506 e. The van der Waals surface area contributed by atoms with Crippen LogP contribution in [0.25, 0.3) is 21.8 Å². The Kier molecular flexibility index (Phi) is 9.26. The van der Waals surface area contributed by atoms with Gasteiger partial charge in [-0.2, -0.15) is 0 Å². The van der Waals surface area contributed by atoms with Crippen LogP contribution in [0.1, 0.15) is 44.1 Å². The number of likely N-dealkylation sites (tertiary alicyclic amines) is 1. The minimum absolute atomic E-state index is 0.239. The molecule has 3 N–H and O–H groups in total. The van der Waals surface area contributed by atoms with Crippen LogP contribution >= 0.6 is 0 Å². The third kappa shape index (κ3) is 7.13. The number of piperidine rings is 2. The van der Waals surface area contributed by atoms with Crippen LogP contribution in [0.2, 0.25) is 0 Å². The molecular weight excluding hydrogens is 436 g/mol. The summed E-state index contributed by atoms with van der Waals surface area (Å²) in [6.45, 7) is 5.61. The molecule has 0 aliphatic carbocycles. The SMILES string of the molecule is C1CCNCC1.Oc1c(CN2CCCCC2)ccc2cccnc12.Oc1cccc2cccnc12. The third-order valence-corrected chi connectivity index (χ3v) is 6.49. The molecule has 0 radical (unpaired) electrons. The zero-order chi connectivity index (χ0) is 24.3. The van der Waals surface area contributed by atoms with Gasteiger partial charge in [0.15, 0.2) is 0 Å². The van der Waals surface area contributed by atoms with Crippen molar-refractivity contribution in [2.45, 2.75) is 45.1 Å². The van der Waals surface area contributed by atoms with E-state index >= 15 is 0 Å². The maximum Gasteiger partial charge on any atom is 0.146 e. The molecule has 0 saturated carbocycles. The Balaban J connectivity index is 0.000000143. The standard InChI is InChI=1S/C15H18N2O.C9H7NO.C5H11N/c18-15-13(11-17-9-2-1-3-10-17)7-6-12-5-4-8-16-14(12)15;11-8-5-1-3-7-4-2-6-10-9(7)8;1-2-4-6-5-3-1/h4-8,18H,1-3,9-11H2;1-6,11H;6H,1-5H2. The Hall–Kier alpha value is -3.22. The van der Waals surface area contributed by atoms with Gasteiger partial charge in [-0.3, -0.25) is 14.9 Å². The van der Waals surface area contributed by atoms with Crippen molar-refractivity contribution in [3.63, 3.8) is 0 Å². The van der Waals surface area contributed by atoms with Crippen molar-refractivity contribution >= 4 is 21.8 Å². The number of phenolic OH excluding ortho intramolecular Hbond substituents is 2. The van der Waals surface area contributed by atoms with Crippen LogP contribution in [0.15, 0.2) is 67.0 Å². The first-order valence-corrected chi connectivity index (χ1v) is 12.7. The van der Waals surface area contributed by atoms with Gasteiger partial charge in [0.2, 0.25) is 0 Å². The molecule has 2 fully saturated rings. The second kappa shape index (κ2) is 13.0. The predicted molar refractivity (Wildman–Crippen MR) is 143 cm³/mol. The molecule has 0 amide bonds. The summed E-state index contributed by atoms with van der Waals surface area (Å²) in [4.78, 5) is 10.7. The lowest BCUT2D eigenvalue weighted by Crippen LogP contribution is -2.29. The van der Waals surface area contributed by atoms with Crippen LogP contribution in [-0.4, -0.2) is 51.3 Å². The Morgan fingerprint density at radius 3 is 1.94 bits per heavy atom. The second-order valence-electron chi connectivity index (χ2n) is 9.15. The fourth-order valence-electron chi connectivity index (χ4n) is 4.55. The number of nitrogens with one attached hydrogen (secondary N) is 1. The average molecular weight is 473 g/mol. The normalized spacial score (nSPS) is 16.1. The van der Waals surface area contributed by atoms with Crippen molar-refractivity contribution in [3.05, 3.63) is 72.6 Å². The maximum absolute atomic E-state index is 10.3. The highest BCUT2D eigenvalue weighted by Crippen LogP contribution is 2.28. The monoisotopic (exact) mass is 472 g/mol. The maximum atomic E-state index is 10.3. The summed E-state index contributed by atoms with van der Waals surface area (Å²) < 4.78 is 0. The highest BCUT2D eigenvalue weighted by atomic mass is 16.3. The van der Waals surface area contributed by atoms with E-state index in [9.17, 15) is 10.2 Å². The topological polar surface area (TPSA) is 81.5 Å². The first-order valence-electron chi connectivity index (χ1n) is 12.7. The van der Waals surface area contributed by atoms with Gasteiger partial charge in [-0.05, 0) is 70.1 Å². The fraction of sp³-hybridized carbons (Fsp3) is 0.379. The van der Waals surface area contributed by atoms with Crippen LogP contribution in [0.3, 0.4) is 0 Å². The van der Waals surface area contributed by atoms with Crippen molar-refractivity contribution in [2.24, 2.45) is 0 Å². The highest BCUT2D eigenvalue weighted by Gasteiger charge is 2.14. The van der Waals surface area contributed by atoms with Crippen molar-refractivity contribution in [3.8, 4) is 11.5 Å². The summed E-state index contributed by atoms with van der Waals surface area (Å²) in [6.07, 6.45) is 11.5. The van der Waals surface area contributed by atoms with Crippen molar-refractivity contribution < 1.29 is 10.2 Å². The zero-order valence-corrected chi connectivity index (χ0v) is 20.4. The van der Waals surface area contributed by atoms with Gasteiger partial charge < -0.3 is 15.5 Å². The summed E-state index contributed by atoms with van der Waals surface area (Å²) in [5.74, 6) is 0.585. The molecule has 2 aliphatic heterocycles. The molecule has 35 heavy (non-hydrogen) atoms. The van der Waals surface area contributed by atoms with E-state index in [2.05, 4.69) is 20.2 Å².